The van der Waals surface area contributed by atoms with Crippen LogP contribution in [0.1, 0.15) is 33.4 Å². The molecule has 0 saturated carbocycles. The van der Waals surface area contributed by atoms with Gasteiger partial charge in [0.1, 0.15) is 5.76 Å². The van der Waals surface area contributed by atoms with Crippen molar-refractivity contribution in [2.45, 2.75) is 11.8 Å². The highest BCUT2D eigenvalue weighted by Crippen LogP contribution is 2.59. The Bertz CT molecular complexity index is 2430. The van der Waals surface area contributed by atoms with Crippen molar-refractivity contribution in [1.29, 1.82) is 0 Å². The number of rotatable bonds is 4. The highest BCUT2D eigenvalue weighted by molar-refractivity contribution is 5.88. The normalized spacial score (nSPS) is 13.4. The largest absolute Gasteiger partial charge is 0.453 e. The Morgan fingerprint density at radius 2 is 0.898 bits per heavy atom. The number of hydrogen-bond acceptors (Lipinski definition) is 4. The van der Waals surface area contributed by atoms with Gasteiger partial charge in [-0.3, -0.25) is 0 Å². The van der Waals surface area contributed by atoms with E-state index in [-0.39, 0.29) is 5.41 Å². The summed E-state index contributed by atoms with van der Waals surface area (Å²) in [5, 5.41) is 0. The number of fused-ring (bicyclic) bond motifs is 9. The van der Waals surface area contributed by atoms with Gasteiger partial charge >= 0.3 is 0 Å². The van der Waals surface area contributed by atoms with Crippen LogP contribution < -0.4 is 0 Å². The van der Waals surface area contributed by atoms with E-state index in [2.05, 4.69) is 91.0 Å². The minimum Gasteiger partial charge on any atom is -0.453 e. The number of benzene rings is 6. The molecule has 0 N–H and O–H groups in total. The molecule has 2 aliphatic carbocycles. The maximum Gasteiger partial charge on any atom is 0.199 e. The van der Waals surface area contributed by atoms with Crippen LogP contribution in [-0.2, 0) is 11.8 Å². The predicted molar refractivity (Wildman–Crippen MR) is 194 cm³/mol. The molecule has 0 fully saturated rings. The van der Waals surface area contributed by atoms with Crippen molar-refractivity contribution in [2.75, 3.05) is 0 Å². The maximum atomic E-state index is 6.57. The Hall–Kier alpha value is -6.39. The molecule has 0 aliphatic heterocycles. The van der Waals surface area contributed by atoms with E-state index >= 15 is 0 Å². The van der Waals surface area contributed by atoms with Gasteiger partial charge in [0.25, 0.3) is 0 Å². The van der Waals surface area contributed by atoms with Crippen LogP contribution in [-0.4, -0.2) is 15.0 Å². The summed E-state index contributed by atoms with van der Waals surface area (Å²) in [5.41, 5.74) is 13.2. The first-order chi connectivity index (χ1) is 24.3. The zero-order chi connectivity index (χ0) is 32.4. The van der Waals surface area contributed by atoms with Crippen LogP contribution in [0.4, 0.5) is 0 Å². The van der Waals surface area contributed by atoms with Crippen LogP contribution in [0.25, 0.3) is 56.8 Å². The Morgan fingerprint density at radius 3 is 1.55 bits per heavy atom. The molecule has 0 atom stereocenters. The molecule has 1 spiro atoms. The fraction of sp³-hybridized carbons (Fsp3) is 0.0444. The van der Waals surface area contributed by atoms with Crippen molar-refractivity contribution in [3.05, 3.63) is 197 Å². The molecule has 2 aromatic heterocycles. The van der Waals surface area contributed by atoms with Gasteiger partial charge in [-0.2, -0.15) is 0 Å². The number of nitrogens with zero attached hydrogens (tertiary/aromatic N) is 3. The van der Waals surface area contributed by atoms with Crippen molar-refractivity contribution in [2.24, 2.45) is 0 Å². The summed E-state index contributed by atoms with van der Waals surface area (Å²) in [5.74, 6) is 3.10. The molecular formula is C45H29N3O. The Balaban J connectivity index is 1.11. The summed E-state index contributed by atoms with van der Waals surface area (Å²) in [6.45, 7) is 0. The molecule has 0 saturated heterocycles. The average molecular weight is 628 g/mol. The molecule has 8 aromatic rings. The third-order valence-electron chi connectivity index (χ3n) is 10.1. The van der Waals surface area contributed by atoms with E-state index in [0.717, 1.165) is 28.9 Å². The van der Waals surface area contributed by atoms with Crippen molar-refractivity contribution >= 4 is 0 Å². The van der Waals surface area contributed by atoms with E-state index in [4.69, 9.17) is 19.4 Å². The van der Waals surface area contributed by atoms with E-state index in [1.165, 1.54) is 44.5 Å². The van der Waals surface area contributed by atoms with Crippen LogP contribution in [0.2, 0.25) is 0 Å². The lowest BCUT2D eigenvalue weighted by atomic mass is 9.61. The lowest BCUT2D eigenvalue weighted by Gasteiger charge is -2.40. The van der Waals surface area contributed by atoms with Crippen LogP contribution >= 0.6 is 0 Å². The van der Waals surface area contributed by atoms with E-state index in [9.17, 15) is 0 Å². The number of furan rings is 1. The van der Waals surface area contributed by atoms with Gasteiger partial charge in [0.15, 0.2) is 23.2 Å². The molecule has 2 aliphatic rings. The van der Waals surface area contributed by atoms with Gasteiger partial charge in [-0.15, -0.1) is 0 Å². The third kappa shape index (κ3) is 4.20. The second-order valence-electron chi connectivity index (χ2n) is 12.7. The monoisotopic (exact) mass is 627 g/mol. The molecule has 4 heteroatoms. The molecule has 0 bridgehead atoms. The van der Waals surface area contributed by atoms with Gasteiger partial charge in [0.2, 0.25) is 0 Å². The molecule has 6 aromatic carbocycles. The van der Waals surface area contributed by atoms with Crippen molar-refractivity contribution < 1.29 is 4.42 Å². The molecule has 2 heterocycles. The van der Waals surface area contributed by atoms with Crippen LogP contribution in [0.15, 0.2) is 168 Å². The molecule has 0 radical (unpaired) electrons. The minimum atomic E-state index is -0.378. The molecule has 10 rings (SSSR count). The maximum absolute atomic E-state index is 6.57. The second-order valence-corrected chi connectivity index (χ2v) is 12.7. The van der Waals surface area contributed by atoms with Crippen LogP contribution in [0.3, 0.4) is 0 Å². The summed E-state index contributed by atoms with van der Waals surface area (Å²) in [6.07, 6.45) is 0.854. The quantitative estimate of drug-likeness (QED) is 0.195. The van der Waals surface area contributed by atoms with E-state index in [0.29, 0.717) is 23.2 Å². The van der Waals surface area contributed by atoms with E-state index in [1.54, 1.807) is 0 Å². The summed E-state index contributed by atoms with van der Waals surface area (Å²) < 4.78 is 6.57. The summed E-state index contributed by atoms with van der Waals surface area (Å²) >= 11 is 0. The number of aromatic nitrogens is 3. The fourth-order valence-electron chi connectivity index (χ4n) is 8.00. The molecule has 0 unspecified atom stereocenters. The topological polar surface area (TPSA) is 51.8 Å². The standard InChI is InChI=1S/C45H29N3O/c1-3-13-29(14-4-1)42-46-43(30-15-5-2-6-16-30)48-44(47-42)41-26-25-40(49-41)32-23-24-37-33(28-32)27-31-17-7-10-20-36(31)45(37)38-21-11-8-18-34(38)35-19-9-12-22-39(35)45/h1-26,28H,27H2. The summed E-state index contributed by atoms with van der Waals surface area (Å²) in [6, 6.07) is 57.6. The number of hydrogen-bond donors (Lipinski definition) is 0. The molecular weight excluding hydrogens is 599 g/mol. The van der Waals surface area contributed by atoms with Gasteiger partial charge < -0.3 is 4.42 Å². The van der Waals surface area contributed by atoms with Gasteiger partial charge in [-0.1, -0.05) is 146 Å². The minimum absolute atomic E-state index is 0.378. The Kier molecular flexibility index (Phi) is 6.12. The predicted octanol–water partition coefficient (Wildman–Crippen LogP) is 10.4. The van der Waals surface area contributed by atoms with Crippen molar-refractivity contribution in [3.63, 3.8) is 0 Å². The fourth-order valence-corrected chi connectivity index (χ4v) is 8.00. The smallest absolute Gasteiger partial charge is 0.199 e. The lowest BCUT2D eigenvalue weighted by Crippen LogP contribution is -2.34. The lowest BCUT2D eigenvalue weighted by molar-refractivity contribution is 0.591. The SMILES string of the molecule is c1ccc(-c2nc(-c3ccccc3)nc(-c3ccc(-c4ccc5c(c4)Cc4ccccc4C54c5ccccc5-c5ccccc54)o3)n2)cc1. The molecule has 49 heavy (non-hydrogen) atoms. The zero-order valence-electron chi connectivity index (χ0n) is 26.5. The van der Waals surface area contributed by atoms with Crippen molar-refractivity contribution in [1.82, 2.24) is 15.0 Å². The highest BCUT2D eigenvalue weighted by Gasteiger charge is 2.49. The van der Waals surface area contributed by atoms with Gasteiger partial charge in [0.05, 0.1) is 5.41 Å². The Labute approximate surface area is 284 Å². The Morgan fingerprint density at radius 1 is 0.388 bits per heavy atom. The molecule has 4 nitrogen and oxygen atoms in total. The summed E-state index contributed by atoms with van der Waals surface area (Å²) in [4.78, 5) is 14.6. The first-order valence-corrected chi connectivity index (χ1v) is 16.7. The van der Waals surface area contributed by atoms with E-state index in [1.807, 2.05) is 72.8 Å². The average Bonchev–Trinajstić information content (AvgIpc) is 3.78. The summed E-state index contributed by atoms with van der Waals surface area (Å²) in [7, 11) is 0. The van der Waals surface area contributed by atoms with Gasteiger partial charge in [-0.05, 0) is 69.1 Å². The highest BCUT2D eigenvalue weighted by atomic mass is 16.3. The van der Waals surface area contributed by atoms with Gasteiger partial charge in [0, 0.05) is 16.7 Å². The first kappa shape index (κ1) is 27.7. The van der Waals surface area contributed by atoms with Crippen LogP contribution in [0.5, 0.6) is 0 Å². The van der Waals surface area contributed by atoms with E-state index < -0.39 is 0 Å². The molecule has 0 amide bonds. The third-order valence-corrected chi connectivity index (χ3v) is 10.1. The molecule has 230 valence electrons. The van der Waals surface area contributed by atoms with Gasteiger partial charge in [-0.25, -0.2) is 15.0 Å². The zero-order valence-corrected chi connectivity index (χ0v) is 26.5. The second kappa shape index (κ2) is 10.8. The first-order valence-electron chi connectivity index (χ1n) is 16.7. The van der Waals surface area contributed by atoms with Crippen molar-refractivity contribution in [3.8, 4) is 56.8 Å². The van der Waals surface area contributed by atoms with Crippen LogP contribution in [0, 0.1) is 0 Å².